The second kappa shape index (κ2) is 8.01. The first-order valence-electron chi connectivity index (χ1n) is 11.7. The number of ether oxygens (including phenoxy) is 1. The van der Waals surface area contributed by atoms with Crippen molar-refractivity contribution in [2.24, 2.45) is 28.6 Å². The van der Waals surface area contributed by atoms with Gasteiger partial charge in [0.05, 0.1) is 6.10 Å². The Bertz CT molecular complexity index is 949. The molecule has 0 aliphatic heterocycles. The molecule has 0 spiro atoms. The zero-order valence-electron chi connectivity index (χ0n) is 19.5. The highest BCUT2D eigenvalue weighted by Gasteiger charge is 2.76. The molecule has 3 fully saturated rings. The molecule has 8 heteroatoms. The Balaban J connectivity index is 1.83. The predicted octanol–water partition coefficient (Wildman–Crippen LogP) is 4.48. The maximum Gasteiger partial charge on any atom is 0.306 e. The van der Waals surface area contributed by atoms with Crippen molar-refractivity contribution >= 4 is 28.6 Å². The van der Waals surface area contributed by atoms with Crippen LogP contribution in [0.2, 0.25) is 0 Å². The van der Waals surface area contributed by atoms with E-state index in [0.717, 1.165) is 0 Å². The molecule has 0 saturated heterocycles. The number of alkyl halides is 2. The minimum absolute atomic E-state index is 0.0528. The molecule has 8 atom stereocenters. The Hall–Kier alpha value is -1.54. The van der Waals surface area contributed by atoms with Crippen molar-refractivity contribution in [1.29, 1.82) is 0 Å². The van der Waals surface area contributed by atoms with Gasteiger partial charge in [-0.3, -0.25) is 14.4 Å². The van der Waals surface area contributed by atoms with Crippen LogP contribution >= 0.6 is 11.8 Å². The van der Waals surface area contributed by atoms with Gasteiger partial charge in [-0.05, 0) is 68.4 Å². The molecule has 0 amide bonds. The number of carbonyl (C=O) groups is 3. The van der Waals surface area contributed by atoms with E-state index in [0.29, 0.717) is 30.2 Å². The van der Waals surface area contributed by atoms with Crippen LogP contribution in [0.4, 0.5) is 8.78 Å². The van der Waals surface area contributed by atoms with Gasteiger partial charge >= 0.3 is 5.97 Å². The van der Waals surface area contributed by atoms with E-state index in [1.807, 2.05) is 6.92 Å². The minimum Gasteiger partial charge on any atom is -0.449 e. The van der Waals surface area contributed by atoms with Crippen LogP contribution in [0, 0.1) is 28.6 Å². The second-order valence-electron chi connectivity index (χ2n) is 10.5. The normalized spacial score (nSPS) is 46.2. The van der Waals surface area contributed by atoms with E-state index in [2.05, 4.69) is 0 Å². The summed E-state index contributed by atoms with van der Waals surface area (Å²) in [6.45, 7) is 7.09. The van der Waals surface area contributed by atoms with Gasteiger partial charge < -0.3 is 9.84 Å². The van der Waals surface area contributed by atoms with Crippen LogP contribution in [0.3, 0.4) is 0 Å². The van der Waals surface area contributed by atoms with Crippen LogP contribution in [0.15, 0.2) is 23.8 Å². The van der Waals surface area contributed by atoms with Crippen molar-refractivity contribution in [3.63, 3.8) is 0 Å². The van der Waals surface area contributed by atoms with Gasteiger partial charge in [-0.25, -0.2) is 8.78 Å². The topological polar surface area (TPSA) is 80.7 Å². The molecule has 33 heavy (non-hydrogen) atoms. The number of allylic oxidation sites excluding steroid dienone is 4. The van der Waals surface area contributed by atoms with Gasteiger partial charge in [0, 0.05) is 23.2 Å². The van der Waals surface area contributed by atoms with Gasteiger partial charge in [-0.15, -0.1) is 0 Å². The molecule has 4 rings (SSSR count). The standard InChI is InChI=1S/C25H32F2O5S/c1-5-20(30)32-24(21(31)33-13-26)9-7-16-18-10-14(2)17-11-15(28)6-8-22(17,3)25(18,27)19(29)12-23(16,24)4/h6,8,11,14,16,18-19,29H,5,7,9-10,12-13H2,1-4H3/t14-,16-,18?,19?,22?,23?,24-,25-/m0/s1. The maximum absolute atomic E-state index is 17.3. The number of thioether (sulfide) groups is 1. The minimum atomic E-state index is -2.05. The number of aliphatic hydroxyl groups is 1. The number of hydrogen-bond acceptors (Lipinski definition) is 6. The molecule has 1 N–H and O–H groups in total. The summed E-state index contributed by atoms with van der Waals surface area (Å²) < 4.78 is 36.3. The van der Waals surface area contributed by atoms with Gasteiger partial charge in [-0.2, -0.15) is 0 Å². The molecular weight excluding hydrogens is 450 g/mol. The number of esters is 1. The maximum atomic E-state index is 17.3. The molecule has 0 aromatic carbocycles. The molecular formula is C25H32F2O5S. The summed E-state index contributed by atoms with van der Waals surface area (Å²) in [7, 11) is 0. The van der Waals surface area contributed by atoms with Crippen LogP contribution < -0.4 is 0 Å². The van der Waals surface area contributed by atoms with Crippen molar-refractivity contribution in [1.82, 2.24) is 0 Å². The van der Waals surface area contributed by atoms with E-state index in [9.17, 15) is 23.9 Å². The van der Waals surface area contributed by atoms with Crippen molar-refractivity contribution < 1.29 is 33.0 Å². The summed E-state index contributed by atoms with van der Waals surface area (Å²) in [5.41, 5.74) is -5.17. The highest BCUT2D eigenvalue weighted by atomic mass is 32.2. The summed E-state index contributed by atoms with van der Waals surface area (Å²) in [6.07, 6.45) is 3.95. The van der Waals surface area contributed by atoms with Gasteiger partial charge in [0.1, 0.15) is 6.01 Å². The summed E-state index contributed by atoms with van der Waals surface area (Å²) in [6, 6.07) is -0.952. The summed E-state index contributed by atoms with van der Waals surface area (Å²) >= 11 is 0.466. The predicted molar refractivity (Wildman–Crippen MR) is 121 cm³/mol. The number of rotatable bonds is 4. The smallest absolute Gasteiger partial charge is 0.306 e. The lowest BCUT2D eigenvalue weighted by atomic mass is 9.43. The molecule has 182 valence electrons. The SMILES string of the molecule is CCC(=O)O[C@]1(C(=O)SCF)CC[C@H]2C3C[C@H](C)C4=CC(=O)C=CC4(C)[C@@]3(F)C(O)CC21C. The van der Waals surface area contributed by atoms with Crippen molar-refractivity contribution in [2.45, 2.75) is 77.2 Å². The molecule has 3 saturated carbocycles. The van der Waals surface area contributed by atoms with Crippen LogP contribution in [0.25, 0.3) is 0 Å². The fourth-order valence-corrected chi connectivity index (χ4v) is 8.27. The van der Waals surface area contributed by atoms with Crippen LogP contribution in [0.5, 0.6) is 0 Å². The number of fused-ring (bicyclic) bond motifs is 5. The highest BCUT2D eigenvalue weighted by Crippen LogP contribution is 2.71. The lowest BCUT2D eigenvalue weighted by Crippen LogP contribution is -2.70. The molecule has 0 heterocycles. The molecule has 0 aromatic rings. The lowest BCUT2D eigenvalue weighted by molar-refractivity contribution is -0.225. The number of ketones is 1. The molecule has 0 radical (unpaired) electrons. The summed E-state index contributed by atoms with van der Waals surface area (Å²) in [5, 5.41) is 10.8. The lowest BCUT2D eigenvalue weighted by Gasteiger charge is -2.63. The quantitative estimate of drug-likeness (QED) is 0.595. The van der Waals surface area contributed by atoms with Crippen LogP contribution in [-0.2, 0) is 19.1 Å². The van der Waals surface area contributed by atoms with E-state index in [4.69, 9.17) is 4.74 Å². The average Bonchev–Trinajstić information content (AvgIpc) is 3.04. The van der Waals surface area contributed by atoms with E-state index < -0.39 is 51.2 Å². The molecule has 0 bridgehead atoms. The van der Waals surface area contributed by atoms with Gasteiger partial charge in [0.25, 0.3) is 0 Å². The molecule has 4 unspecified atom stereocenters. The van der Waals surface area contributed by atoms with Crippen molar-refractivity contribution in [3.05, 3.63) is 23.8 Å². The van der Waals surface area contributed by atoms with Crippen LogP contribution in [-0.4, -0.2) is 45.4 Å². The summed E-state index contributed by atoms with van der Waals surface area (Å²) in [5.74, 6) is -1.83. The third-order valence-corrected chi connectivity index (χ3v) is 9.88. The first-order chi connectivity index (χ1) is 15.4. The number of aliphatic hydroxyl groups excluding tert-OH is 1. The average molecular weight is 483 g/mol. The van der Waals surface area contributed by atoms with Gasteiger partial charge in [0.15, 0.2) is 17.1 Å². The zero-order valence-corrected chi connectivity index (χ0v) is 20.3. The Morgan fingerprint density at radius 1 is 1.30 bits per heavy atom. The third kappa shape index (κ3) is 3.08. The fraction of sp³-hybridized carbons (Fsp3) is 0.720. The molecule has 4 aliphatic rings. The molecule has 5 nitrogen and oxygen atoms in total. The van der Waals surface area contributed by atoms with E-state index in [1.54, 1.807) is 26.8 Å². The second-order valence-corrected chi connectivity index (χ2v) is 11.4. The van der Waals surface area contributed by atoms with Crippen molar-refractivity contribution in [3.8, 4) is 0 Å². The van der Waals surface area contributed by atoms with E-state index in [-0.39, 0.29) is 36.9 Å². The Kier molecular flexibility index (Phi) is 5.96. The fourth-order valence-electron chi connectivity index (χ4n) is 7.57. The Labute approximate surface area is 197 Å². The summed E-state index contributed by atoms with van der Waals surface area (Å²) in [4.78, 5) is 37.7. The van der Waals surface area contributed by atoms with E-state index >= 15 is 4.39 Å². The zero-order chi connectivity index (χ0) is 24.4. The largest absolute Gasteiger partial charge is 0.449 e. The highest BCUT2D eigenvalue weighted by molar-refractivity contribution is 8.13. The van der Waals surface area contributed by atoms with Gasteiger partial charge in [0.2, 0.25) is 5.12 Å². The molecule has 4 aliphatic carbocycles. The number of hydrogen-bond donors (Lipinski definition) is 1. The Morgan fingerprint density at radius 2 is 2.00 bits per heavy atom. The first kappa shape index (κ1) is 24.6. The molecule has 0 aromatic heterocycles. The Morgan fingerprint density at radius 3 is 2.64 bits per heavy atom. The number of halogens is 2. The monoisotopic (exact) mass is 482 g/mol. The van der Waals surface area contributed by atoms with E-state index in [1.165, 1.54) is 12.2 Å². The van der Waals surface area contributed by atoms with Crippen LogP contribution in [0.1, 0.15) is 59.8 Å². The third-order valence-electron chi connectivity index (χ3n) is 9.18. The first-order valence-corrected chi connectivity index (χ1v) is 12.7. The van der Waals surface area contributed by atoms with Gasteiger partial charge in [-0.1, -0.05) is 32.4 Å². The van der Waals surface area contributed by atoms with Crippen molar-refractivity contribution in [2.75, 3.05) is 6.01 Å². The number of carbonyl (C=O) groups excluding carboxylic acids is 3.